The van der Waals surface area contributed by atoms with Crippen molar-refractivity contribution in [3.63, 3.8) is 0 Å². The van der Waals surface area contributed by atoms with Crippen LogP contribution in [0.5, 0.6) is 5.88 Å². The maximum absolute atomic E-state index is 13.3. The molecule has 0 aliphatic rings. The molecule has 0 atom stereocenters. The van der Waals surface area contributed by atoms with Crippen LogP contribution in [0.4, 0.5) is 4.39 Å². The van der Waals surface area contributed by atoms with Gasteiger partial charge in [0.25, 0.3) is 5.56 Å². The molecule has 0 spiro atoms. The van der Waals surface area contributed by atoms with Crippen molar-refractivity contribution in [1.82, 2.24) is 9.97 Å². The van der Waals surface area contributed by atoms with Crippen molar-refractivity contribution in [2.75, 3.05) is 0 Å². The summed E-state index contributed by atoms with van der Waals surface area (Å²) in [6.07, 6.45) is 0. The van der Waals surface area contributed by atoms with Crippen LogP contribution in [-0.4, -0.2) is 15.1 Å². The molecule has 0 bridgehead atoms. The lowest BCUT2D eigenvalue weighted by Gasteiger charge is -2.05. The van der Waals surface area contributed by atoms with Gasteiger partial charge in [-0.05, 0) is 45.1 Å². The van der Waals surface area contributed by atoms with Gasteiger partial charge in [-0.2, -0.15) is 4.98 Å². The van der Waals surface area contributed by atoms with Gasteiger partial charge in [-0.25, -0.2) is 4.39 Å². The summed E-state index contributed by atoms with van der Waals surface area (Å²) in [5.74, 6) is -0.657. The second-order valence-corrected chi connectivity index (χ2v) is 5.99. The molecule has 2 aromatic heterocycles. The number of rotatable bonds is 2. The highest BCUT2D eigenvalue weighted by Crippen LogP contribution is 2.33. The predicted octanol–water partition coefficient (Wildman–Crippen LogP) is 3.77. The molecule has 1 aromatic carbocycles. The van der Waals surface area contributed by atoms with Crippen LogP contribution in [0.1, 0.15) is 0 Å². The number of hydrogen-bond donors (Lipinski definition) is 2. The Morgan fingerprint density at radius 2 is 2.14 bits per heavy atom. The molecule has 0 saturated heterocycles. The Labute approximate surface area is 131 Å². The molecule has 0 fully saturated rings. The smallest absolute Gasteiger partial charge is 0.262 e. The van der Waals surface area contributed by atoms with Crippen molar-refractivity contribution < 1.29 is 9.50 Å². The molecule has 2 heterocycles. The van der Waals surface area contributed by atoms with Gasteiger partial charge in [0.15, 0.2) is 5.82 Å². The van der Waals surface area contributed by atoms with Gasteiger partial charge in [-0.15, -0.1) is 11.3 Å². The van der Waals surface area contributed by atoms with E-state index in [-0.39, 0.29) is 17.0 Å². The van der Waals surface area contributed by atoms with Gasteiger partial charge >= 0.3 is 0 Å². The van der Waals surface area contributed by atoms with E-state index in [1.165, 1.54) is 35.6 Å². The molecule has 106 valence electrons. The summed E-state index contributed by atoms with van der Waals surface area (Å²) in [5, 5.41) is 11.9. The van der Waals surface area contributed by atoms with E-state index < -0.39 is 17.3 Å². The molecule has 0 unspecified atom stereocenters. The first kappa shape index (κ1) is 14.0. The summed E-state index contributed by atoms with van der Waals surface area (Å²) in [7, 11) is 0. The molecule has 2 N–H and O–H groups in total. The zero-order chi connectivity index (χ0) is 15.0. The molecule has 0 amide bonds. The molecule has 3 rings (SSSR count). The van der Waals surface area contributed by atoms with E-state index in [0.29, 0.717) is 4.88 Å². The quantitative estimate of drug-likeness (QED) is 0.725. The first-order valence-corrected chi connectivity index (χ1v) is 7.56. The Morgan fingerprint density at radius 3 is 2.76 bits per heavy atom. The molecule has 21 heavy (non-hydrogen) atoms. The van der Waals surface area contributed by atoms with Crippen LogP contribution in [0.15, 0.2) is 45.0 Å². The van der Waals surface area contributed by atoms with Gasteiger partial charge in [0.2, 0.25) is 5.88 Å². The highest BCUT2D eigenvalue weighted by molar-refractivity contribution is 9.10. The van der Waals surface area contributed by atoms with Gasteiger partial charge in [0, 0.05) is 4.47 Å². The molecular weight excluding hydrogens is 359 g/mol. The Kier molecular flexibility index (Phi) is 3.60. The van der Waals surface area contributed by atoms with Crippen LogP contribution in [0.3, 0.4) is 0 Å². The summed E-state index contributed by atoms with van der Waals surface area (Å²) < 4.78 is 14.0. The molecular formula is C14H8BrFN2O2S. The third kappa shape index (κ3) is 2.62. The highest BCUT2D eigenvalue weighted by atomic mass is 79.9. The molecule has 3 aromatic rings. The van der Waals surface area contributed by atoms with Crippen LogP contribution in [0.25, 0.3) is 21.8 Å². The molecule has 0 saturated carbocycles. The van der Waals surface area contributed by atoms with Crippen molar-refractivity contribution in [1.29, 1.82) is 0 Å². The van der Waals surface area contributed by atoms with Gasteiger partial charge in [0.1, 0.15) is 11.4 Å². The lowest BCUT2D eigenvalue weighted by atomic mass is 10.1. The summed E-state index contributed by atoms with van der Waals surface area (Å²) in [6, 6.07) is 7.26. The fourth-order valence-corrected chi connectivity index (χ4v) is 3.44. The lowest BCUT2D eigenvalue weighted by Crippen LogP contribution is -2.12. The SMILES string of the molecule is O=c1[nH]c(-c2sccc2Br)nc(O)c1-c1cccc(F)c1. The first-order chi connectivity index (χ1) is 10.1. The van der Waals surface area contributed by atoms with Gasteiger partial charge < -0.3 is 10.1 Å². The minimum absolute atomic E-state index is 0.0501. The fraction of sp³-hybridized carbons (Fsp3) is 0. The van der Waals surface area contributed by atoms with E-state index in [2.05, 4.69) is 25.9 Å². The number of nitrogens with one attached hydrogen (secondary N) is 1. The summed E-state index contributed by atoms with van der Waals surface area (Å²) in [5.41, 5.74) is -0.299. The van der Waals surface area contributed by atoms with E-state index >= 15 is 0 Å². The molecule has 0 aliphatic carbocycles. The fourth-order valence-electron chi connectivity index (χ4n) is 1.94. The van der Waals surface area contributed by atoms with Crippen LogP contribution >= 0.6 is 27.3 Å². The number of aromatic nitrogens is 2. The number of nitrogens with zero attached hydrogens (tertiary/aromatic N) is 1. The summed E-state index contributed by atoms with van der Waals surface area (Å²) in [6.45, 7) is 0. The van der Waals surface area contributed by atoms with E-state index in [1.807, 2.05) is 11.4 Å². The standard InChI is InChI=1S/C14H8BrFN2O2S/c15-9-4-5-21-11(9)12-17-13(19)10(14(20)18-12)7-2-1-3-8(16)6-7/h1-6H,(H2,17,18,19,20). The van der Waals surface area contributed by atoms with Crippen LogP contribution in [0, 0.1) is 5.82 Å². The zero-order valence-electron chi connectivity index (χ0n) is 10.4. The van der Waals surface area contributed by atoms with Crippen molar-refractivity contribution >= 4 is 27.3 Å². The molecule has 7 heteroatoms. The maximum atomic E-state index is 13.3. The van der Waals surface area contributed by atoms with Gasteiger partial charge in [0.05, 0.1) is 4.88 Å². The Hall–Kier alpha value is -1.99. The molecule has 0 aliphatic heterocycles. The number of aromatic hydroxyl groups is 1. The van der Waals surface area contributed by atoms with E-state index in [0.717, 1.165) is 4.47 Å². The number of halogens is 2. The number of benzene rings is 1. The second-order valence-electron chi connectivity index (χ2n) is 4.22. The van der Waals surface area contributed by atoms with E-state index in [4.69, 9.17) is 0 Å². The topological polar surface area (TPSA) is 66.0 Å². The molecule has 0 radical (unpaired) electrons. The second kappa shape index (κ2) is 5.42. The van der Waals surface area contributed by atoms with Crippen molar-refractivity contribution in [3.8, 4) is 27.7 Å². The van der Waals surface area contributed by atoms with Crippen molar-refractivity contribution in [2.45, 2.75) is 0 Å². The van der Waals surface area contributed by atoms with Crippen LogP contribution < -0.4 is 5.56 Å². The average Bonchev–Trinajstić information content (AvgIpc) is 2.84. The van der Waals surface area contributed by atoms with Crippen molar-refractivity contribution in [3.05, 3.63) is 56.4 Å². The number of aromatic amines is 1. The monoisotopic (exact) mass is 366 g/mol. The minimum atomic E-state index is -0.525. The Balaban J connectivity index is 2.18. The Bertz CT molecular complexity index is 875. The normalized spacial score (nSPS) is 10.8. The number of H-pyrrole nitrogens is 1. The average molecular weight is 367 g/mol. The van der Waals surface area contributed by atoms with Gasteiger partial charge in [-0.1, -0.05) is 12.1 Å². The zero-order valence-corrected chi connectivity index (χ0v) is 12.8. The Morgan fingerprint density at radius 1 is 1.33 bits per heavy atom. The number of hydrogen-bond acceptors (Lipinski definition) is 4. The minimum Gasteiger partial charge on any atom is -0.493 e. The van der Waals surface area contributed by atoms with Crippen LogP contribution in [0.2, 0.25) is 0 Å². The largest absolute Gasteiger partial charge is 0.493 e. The van der Waals surface area contributed by atoms with Crippen LogP contribution in [-0.2, 0) is 0 Å². The predicted molar refractivity (Wildman–Crippen MR) is 82.9 cm³/mol. The first-order valence-electron chi connectivity index (χ1n) is 5.89. The third-order valence-electron chi connectivity index (χ3n) is 2.85. The van der Waals surface area contributed by atoms with Crippen molar-refractivity contribution in [2.24, 2.45) is 0 Å². The maximum Gasteiger partial charge on any atom is 0.262 e. The third-order valence-corrected chi connectivity index (χ3v) is 4.69. The number of thiophene rings is 1. The molecule has 4 nitrogen and oxygen atoms in total. The lowest BCUT2D eigenvalue weighted by molar-refractivity contribution is 0.454. The summed E-state index contributed by atoms with van der Waals surface area (Å²) >= 11 is 4.72. The van der Waals surface area contributed by atoms with Gasteiger partial charge in [-0.3, -0.25) is 4.79 Å². The highest BCUT2D eigenvalue weighted by Gasteiger charge is 2.16. The van der Waals surface area contributed by atoms with E-state index in [1.54, 1.807) is 0 Å². The van der Waals surface area contributed by atoms with E-state index in [9.17, 15) is 14.3 Å². The summed E-state index contributed by atoms with van der Waals surface area (Å²) in [4.78, 5) is 19.5.